The van der Waals surface area contributed by atoms with Crippen LogP contribution in [0.1, 0.15) is 0 Å². The Bertz CT molecular complexity index is 107. The summed E-state index contributed by atoms with van der Waals surface area (Å²) in [5, 5.41) is 0. The number of hydrogen-bond acceptors (Lipinski definition) is 1. The van der Waals surface area contributed by atoms with Gasteiger partial charge in [-0.15, -0.1) is 0 Å². The van der Waals surface area contributed by atoms with Gasteiger partial charge in [0.15, 0.2) is 0 Å². The third kappa shape index (κ3) is 5.14. The lowest BCUT2D eigenvalue weighted by atomic mass is 10.4. The third-order valence-electron chi connectivity index (χ3n) is 0.456. The fourth-order valence-corrected chi connectivity index (χ4v) is 0.196. The number of alkyl halides is 2. The van der Waals surface area contributed by atoms with Gasteiger partial charge in [-0.25, -0.2) is 8.78 Å². The Morgan fingerprint density at radius 1 is 1.62 bits per heavy atom. The van der Waals surface area contributed by atoms with Crippen molar-refractivity contribution in [1.29, 1.82) is 0 Å². The maximum Gasteiger partial charge on any atom is 0.257 e. The average molecular weight is 119 g/mol. The molecule has 0 heterocycles. The van der Waals surface area contributed by atoms with Crippen LogP contribution in [0.2, 0.25) is 0 Å². The largest absolute Gasteiger partial charge is 0.399 e. The Kier molecular flexibility index (Phi) is 2.84. The van der Waals surface area contributed by atoms with Gasteiger partial charge in [-0.05, 0) is 12.2 Å². The van der Waals surface area contributed by atoms with Crippen molar-refractivity contribution in [3.8, 4) is 0 Å². The molecule has 0 aliphatic rings. The Hall–Kier alpha value is -0.860. The number of halogens is 2. The van der Waals surface area contributed by atoms with Crippen LogP contribution in [-0.2, 0) is 0 Å². The molecule has 0 bridgehead atoms. The molecule has 0 amide bonds. The lowest BCUT2D eigenvalue weighted by Gasteiger charge is -1.85. The monoisotopic (exact) mass is 119 g/mol. The molecule has 0 aliphatic carbocycles. The van der Waals surface area contributed by atoms with Crippen LogP contribution >= 0.6 is 0 Å². The van der Waals surface area contributed by atoms with Gasteiger partial charge in [-0.2, -0.15) is 0 Å². The van der Waals surface area contributed by atoms with E-state index in [1.165, 1.54) is 0 Å². The smallest absolute Gasteiger partial charge is 0.257 e. The van der Waals surface area contributed by atoms with E-state index in [9.17, 15) is 8.78 Å². The van der Waals surface area contributed by atoms with E-state index >= 15 is 0 Å². The van der Waals surface area contributed by atoms with Gasteiger partial charge in [0.25, 0.3) is 6.43 Å². The van der Waals surface area contributed by atoms with Gasteiger partial charge in [-0.3, -0.25) is 0 Å². The molecule has 8 heavy (non-hydrogen) atoms. The fourth-order valence-electron chi connectivity index (χ4n) is 0.196. The van der Waals surface area contributed by atoms with Crippen LogP contribution in [0.3, 0.4) is 0 Å². The Morgan fingerprint density at radius 3 is 2.25 bits per heavy atom. The highest BCUT2D eigenvalue weighted by Gasteiger charge is 1.90. The summed E-state index contributed by atoms with van der Waals surface area (Å²) >= 11 is 0. The predicted octanol–water partition coefficient (Wildman–Crippen LogP) is 1.28. The first-order valence-electron chi connectivity index (χ1n) is 2.03. The first-order valence-corrected chi connectivity index (χ1v) is 2.03. The summed E-state index contributed by atoms with van der Waals surface area (Å²) in [7, 11) is 0. The molecule has 0 saturated heterocycles. The second kappa shape index (κ2) is 3.18. The quantitative estimate of drug-likeness (QED) is 0.544. The van der Waals surface area contributed by atoms with Crippen molar-refractivity contribution in [3.63, 3.8) is 0 Å². The second-order valence-corrected chi connectivity index (χ2v) is 1.27. The third-order valence-corrected chi connectivity index (χ3v) is 0.456. The van der Waals surface area contributed by atoms with E-state index in [4.69, 9.17) is 5.73 Å². The molecule has 3 heteroatoms. The molecule has 0 aromatic carbocycles. The Morgan fingerprint density at radius 2 is 2.12 bits per heavy atom. The van der Waals surface area contributed by atoms with Crippen molar-refractivity contribution in [2.75, 3.05) is 0 Å². The van der Waals surface area contributed by atoms with Crippen LogP contribution < -0.4 is 5.73 Å². The molecule has 0 rings (SSSR count). The summed E-state index contributed by atoms with van der Waals surface area (Å²) in [6.07, 6.45) is -0.678. The van der Waals surface area contributed by atoms with Gasteiger partial charge in [0.1, 0.15) is 0 Å². The maximum atomic E-state index is 11.2. The van der Waals surface area contributed by atoms with Crippen molar-refractivity contribution in [2.24, 2.45) is 5.73 Å². The summed E-state index contributed by atoms with van der Waals surface area (Å²) in [6, 6.07) is 0. The van der Waals surface area contributed by atoms with Gasteiger partial charge in [0.2, 0.25) is 0 Å². The highest BCUT2D eigenvalue weighted by atomic mass is 19.3. The fraction of sp³-hybridized carbons (Fsp3) is 0.200. The van der Waals surface area contributed by atoms with Crippen molar-refractivity contribution < 1.29 is 8.78 Å². The highest BCUT2D eigenvalue weighted by molar-refractivity contribution is 5.10. The summed E-state index contributed by atoms with van der Waals surface area (Å²) in [4.78, 5) is 0. The molecule has 1 nitrogen and oxygen atoms in total. The molecule has 0 aliphatic heterocycles. The molecule has 2 N–H and O–H groups in total. The zero-order valence-electron chi connectivity index (χ0n) is 4.27. The SMILES string of the molecule is C=C(N)/C=C/C(F)F. The van der Waals surface area contributed by atoms with Crippen LogP contribution in [0.4, 0.5) is 8.78 Å². The second-order valence-electron chi connectivity index (χ2n) is 1.27. The van der Waals surface area contributed by atoms with E-state index in [1.807, 2.05) is 0 Å². The first kappa shape index (κ1) is 7.14. The summed E-state index contributed by atoms with van der Waals surface area (Å²) in [6.45, 7) is 3.18. The molecule has 46 valence electrons. The van der Waals surface area contributed by atoms with Crippen LogP contribution in [-0.4, -0.2) is 6.43 Å². The molecule has 0 saturated carbocycles. The van der Waals surface area contributed by atoms with Crippen LogP contribution in [0.25, 0.3) is 0 Å². The predicted molar refractivity (Wildman–Crippen MR) is 28.5 cm³/mol. The molecule has 0 aromatic heterocycles. The minimum Gasteiger partial charge on any atom is -0.399 e. The normalized spacial score (nSPS) is 10.9. The number of rotatable bonds is 2. The van der Waals surface area contributed by atoms with E-state index in [0.717, 1.165) is 6.08 Å². The lowest BCUT2D eigenvalue weighted by Crippen LogP contribution is -1.90. The van der Waals surface area contributed by atoms with Gasteiger partial charge < -0.3 is 5.73 Å². The van der Waals surface area contributed by atoms with E-state index in [2.05, 4.69) is 6.58 Å². The molecule has 0 spiro atoms. The standard InChI is InChI=1S/C5H7F2N/c1-4(8)2-3-5(6)7/h2-3,5H,1,8H2/b3-2+. The van der Waals surface area contributed by atoms with Crippen LogP contribution in [0.5, 0.6) is 0 Å². The number of nitrogens with two attached hydrogens (primary N) is 1. The zero-order valence-corrected chi connectivity index (χ0v) is 4.27. The minimum absolute atomic E-state index is 0.144. The average Bonchev–Trinajstić information content (AvgIpc) is 1.61. The van der Waals surface area contributed by atoms with E-state index in [1.54, 1.807) is 0 Å². The van der Waals surface area contributed by atoms with Crippen molar-refractivity contribution in [1.82, 2.24) is 0 Å². The lowest BCUT2D eigenvalue weighted by molar-refractivity contribution is 0.204. The van der Waals surface area contributed by atoms with E-state index < -0.39 is 6.43 Å². The number of hydrogen-bond donors (Lipinski definition) is 1. The Labute approximate surface area is 46.5 Å². The Balaban J connectivity index is 3.50. The molecule has 0 fully saturated rings. The molecule has 0 radical (unpaired) electrons. The van der Waals surface area contributed by atoms with E-state index in [0.29, 0.717) is 6.08 Å². The highest BCUT2D eigenvalue weighted by Crippen LogP contribution is 1.94. The molecular weight excluding hydrogens is 112 g/mol. The zero-order chi connectivity index (χ0) is 6.57. The van der Waals surface area contributed by atoms with E-state index in [-0.39, 0.29) is 5.70 Å². The van der Waals surface area contributed by atoms with Crippen molar-refractivity contribution in [3.05, 3.63) is 24.4 Å². The van der Waals surface area contributed by atoms with Gasteiger partial charge >= 0.3 is 0 Å². The summed E-state index contributed by atoms with van der Waals surface area (Å²) < 4.78 is 22.4. The molecule has 0 unspecified atom stereocenters. The molecule has 0 aromatic rings. The molecule has 0 atom stereocenters. The minimum atomic E-state index is -2.43. The van der Waals surface area contributed by atoms with Crippen LogP contribution in [0.15, 0.2) is 24.4 Å². The first-order chi connectivity index (χ1) is 3.63. The van der Waals surface area contributed by atoms with Gasteiger partial charge in [0.05, 0.1) is 0 Å². The van der Waals surface area contributed by atoms with Gasteiger partial charge in [-0.1, -0.05) is 6.58 Å². The summed E-state index contributed by atoms with van der Waals surface area (Å²) in [5.74, 6) is 0. The van der Waals surface area contributed by atoms with Crippen molar-refractivity contribution >= 4 is 0 Å². The number of allylic oxidation sites excluding steroid dienone is 2. The van der Waals surface area contributed by atoms with Crippen LogP contribution in [0, 0.1) is 0 Å². The maximum absolute atomic E-state index is 11.2. The topological polar surface area (TPSA) is 26.0 Å². The summed E-state index contributed by atoms with van der Waals surface area (Å²) in [5.41, 5.74) is 5.07. The van der Waals surface area contributed by atoms with Crippen molar-refractivity contribution in [2.45, 2.75) is 6.43 Å². The molecular formula is C5H7F2N. The van der Waals surface area contributed by atoms with Gasteiger partial charge in [0, 0.05) is 5.70 Å².